The van der Waals surface area contributed by atoms with Gasteiger partial charge in [0.05, 0.1) is 29.6 Å². The van der Waals surface area contributed by atoms with Crippen molar-refractivity contribution in [3.8, 4) is 0 Å². The summed E-state index contributed by atoms with van der Waals surface area (Å²) in [6.45, 7) is 3.06. The number of rotatable bonds is 16. The highest BCUT2D eigenvalue weighted by Gasteiger charge is 2.47. The summed E-state index contributed by atoms with van der Waals surface area (Å²) < 4.78 is 67.5. The Kier molecular flexibility index (Phi) is 16.3. The number of aryl methyl sites for hydroxylation is 1. The molecule has 1 fully saturated rings. The number of ether oxygens (including phenoxy) is 3. The van der Waals surface area contributed by atoms with Crippen molar-refractivity contribution in [2.45, 2.75) is 72.9 Å². The molecule has 0 aromatic heterocycles. The topological polar surface area (TPSA) is 227 Å². The van der Waals surface area contributed by atoms with Crippen LogP contribution in [0.15, 0.2) is 47.4 Å². The predicted molar refractivity (Wildman–Crippen MR) is 197 cm³/mol. The van der Waals surface area contributed by atoms with Gasteiger partial charge in [-0.2, -0.15) is 0 Å². The molecule has 0 bridgehead atoms. The van der Waals surface area contributed by atoms with Crippen molar-refractivity contribution in [3.05, 3.63) is 53.1 Å². The standard InChI is InChI=1S/C31H39Cl4N5O11S2/c1-4-49-28(42)24(12-11-19-9-7-6-8-10-19)40(30(44)51-17-31(33,34)35)18(3)27(41)39-16-20(13-25(39)29(43)50-5-2)38-53(47,48)26-15-23(37-52(45)46)22(36)14-21(26)32/h6-10,14-15,18,20,24-25,37-38H,4-5,11-13,16-17,36H2,1-3H3,(H,45,46)/p-1/t18?,20?,24-,25-/m0/s1. The van der Waals surface area contributed by atoms with Crippen molar-refractivity contribution >= 4 is 103 Å². The Labute approximate surface area is 329 Å². The Bertz CT molecular complexity index is 1770. The van der Waals surface area contributed by atoms with E-state index in [-0.39, 0.29) is 48.9 Å². The highest BCUT2D eigenvalue weighted by molar-refractivity contribution is 7.89. The van der Waals surface area contributed by atoms with Crippen LogP contribution >= 0.6 is 46.4 Å². The number of amides is 2. The fraction of sp³-hybridized carbons (Fsp3) is 0.484. The van der Waals surface area contributed by atoms with Crippen molar-refractivity contribution < 1.29 is 50.6 Å². The Morgan fingerprint density at radius 2 is 1.74 bits per heavy atom. The van der Waals surface area contributed by atoms with Gasteiger partial charge in [-0.25, -0.2) is 27.5 Å². The van der Waals surface area contributed by atoms with E-state index in [1.54, 1.807) is 37.3 Å². The number of nitrogens with two attached hydrogens (primary N) is 1. The molecule has 3 rings (SSSR count). The Morgan fingerprint density at radius 3 is 2.32 bits per heavy atom. The maximum absolute atomic E-state index is 14.4. The second-order valence-corrected chi connectivity index (χ2v) is 16.8. The SMILES string of the molecule is CCOC(=O)[C@@H]1CC(NS(=O)(=O)c2cc(NS(=O)[O-])c(N)cc2Cl)CN1C(=O)C(C)N(C(=O)OCC(Cl)(Cl)Cl)[C@@H](CCc1ccccc1)C(=O)OCC. The Balaban J connectivity index is 2.01. The number of alkyl halides is 3. The minimum Gasteiger partial charge on any atom is -0.755 e. The molecule has 5 atom stereocenters. The van der Waals surface area contributed by atoms with Crippen LogP contribution in [0.2, 0.25) is 5.02 Å². The number of esters is 2. The number of nitrogen functional groups attached to an aromatic ring is 1. The molecule has 16 nitrogen and oxygen atoms in total. The number of nitrogens with zero attached hydrogens (tertiary/aromatic N) is 2. The highest BCUT2D eigenvalue weighted by Crippen LogP contribution is 2.32. The summed E-state index contributed by atoms with van der Waals surface area (Å²) >= 11 is 20.8. The molecule has 2 aromatic rings. The van der Waals surface area contributed by atoms with Crippen LogP contribution in [0.25, 0.3) is 0 Å². The van der Waals surface area contributed by atoms with Gasteiger partial charge in [0, 0.05) is 23.9 Å². The van der Waals surface area contributed by atoms with Gasteiger partial charge in [0.2, 0.25) is 19.7 Å². The summed E-state index contributed by atoms with van der Waals surface area (Å²) in [6, 6.07) is 5.48. The van der Waals surface area contributed by atoms with Gasteiger partial charge >= 0.3 is 18.0 Å². The molecular weight excluding hydrogens is 824 g/mol. The second kappa shape index (κ2) is 19.5. The van der Waals surface area contributed by atoms with E-state index >= 15 is 0 Å². The van der Waals surface area contributed by atoms with Gasteiger partial charge in [0.1, 0.15) is 29.6 Å². The number of halogens is 4. The highest BCUT2D eigenvalue weighted by atomic mass is 35.6. The number of carbonyl (C=O) groups is 4. The summed E-state index contributed by atoms with van der Waals surface area (Å²) in [6.07, 6.45) is -1.28. The normalized spacial score (nSPS) is 17.7. The molecule has 2 amide bonds. The molecule has 294 valence electrons. The minimum atomic E-state index is -4.55. The van der Waals surface area contributed by atoms with E-state index in [1.807, 2.05) is 4.72 Å². The summed E-state index contributed by atoms with van der Waals surface area (Å²) in [4.78, 5) is 55.9. The van der Waals surface area contributed by atoms with Crippen molar-refractivity contribution in [1.82, 2.24) is 14.5 Å². The average Bonchev–Trinajstić information content (AvgIpc) is 3.49. The number of hydrogen-bond donors (Lipinski definition) is 3. The van der Waals surface area contributed by atoms with Crippen LogP contribution in [0.5, 0.6) is 0 Å². The van der Waals surface area contributed by atoms with E-state index in [4.69, 9.17) is 66.3 Å². The molecule has 0 aliphatic carbocycles. The predicted octanol–water partition coefficient (Wildman–Crippen LogP) is 3.70. The third-order valence-electron chi connectivity index (χ3n) is 7.84. The van der Waals surface area contributed by atoms with Gasteiger partial charge in [-0.3, -0.25) is 13.9 Å². The quantitative estimate of drug-likeness (QED) is 0.0722. The smallest absolute Gasteiger partial charge is 0.411 e. The molecule has 0 radical (unpaired) electrons. The third-order valence-corrected chi connectivity index (χ3v) is 10.5. The van der Waals surface area contributed by atoms with Gasteiger partial charge in [-0.05, 0) is 57.7 Å². The molecular formula is C31H38Cl4N5O11S2-. The van der Waals surface area contributed by atoms with E-state index in [0.29, 0.717) is 0 Å². The minimum absolute atomic E-state index is 0.0355. The first-order valence-corrected chi connectivity index (χ1v) is 20.0. The average molecular weight is 863 g/mol. The van der Waals surface area contributed by atoms with E-state index in [9.17, 15) is 36.4 Å². The molecule has 3 unspecified atom stereocenters. The van der Waals surface area contributed by atoms with Gasteiger partial charge in [-0.15, -0.1) is 0 Å². The van der Waals surface area contributed by atoms with Crippen molar-refractivity contribution in [3.63, 3.8) is 0 Å². The molecule has 0 saturated carbocycles. The first-order valence-electron chi connectivity index (χ1n) is 16.0. The van der Waals surface area contributed by atoms with Crippen molar-refractivity contribution in [1.29, 1.82) is 0 Å². The first-order chi connectivity index (χ1) is 24.8. The van der Waals surface area contributed by atoms with Crippen LogP contribution in [0.1, 0.15) is 39.2 Å². The maximum Gasteiger partial charge on any atom is 0.411 e. The number of benzene rings is 2. The number of nitrogens with one attached hydrogen (secondary N) is 2. The molecule has 1 aliphatic heterocycles. The van der Waals surface area contributed by atoms with Crippen LogP contribution in [0, 0.1) is 0 Å². The number of hydrogen-bond acceptors (Lipinski definition) is 12. The number of carbonyl (C=O) groups excluding carboxylic acids is 4. The number of likely N-dealkylation sites (tertiary alicyclic amines) is 1. The molecule has 1 saturated heterocycles. The largest absolute Gasteiger partial charge is 0.755 e. The van der Waals surface area contributed by atoms with Crippen LogP contribution < -0.4 is 15.2 Å². The van der Waals surface area contributed by atoms with E-state index in [2.05, 4.69) is 4.72 Å². The molecule has 1 heterocycles. The van der Waals surface area contributed by atoms with E-state index in [0.717, 1.165) is 27.5 Å². The van der Waals surface area contributed by atoms with Gasteiger partial charge in [0.25, 0.3) is 0 Å². The first kappa shape index (κ1) is 44.3. The Hall–Kier alpha value is -3.10. The molecule has 22 heteroatoms. The third kappa shape index (κ3) is 12.5. The lowest BCUT2D eigenvalue weighted by Gasteiger charge is -2.36. The zero-order valence-corrected chi connectivity index (χ0v) is 33.2. The van der Waals surface area contributed by atoms with E-state index < -0.39 is 91.2 Å². The molecule has 2 aromatic carbocycles. The summed E-state index contributed by atoms with van der Waals surface area (Å²) in [5.41, 5.74) is 6.16. The van der Waals surface area contributed by atoms with Gasteiger partial charge in [0.15, 0.2) is 0 Å². The van der Waals surface area contributed by atoms with Crippen LogP contribution in [-0.4, -0.2) is 105 Å². The number of anilines is 2. The monoisotopic (exact) mass is 860 g/mol. The Morgan fingerprint density at radius 1 is 1.09 bits per heavy atom. The zero-order chi connectivity index (χ0) is 39.7. The molecule has 53 heavy (non-hydrogen) atoms. The second-order valence-electron chi connectivity index (χ2n) is 11.6. The lowest BCUT2D eigenvalue weighted by atomic mass is 10.0. The van der Waals surface area contributed by atoms with E-state index in [1.165, 1.54) is 13.8 Å². The number of sulfonamides is 1. The summed E-state index contributed by atoms with van der Waals surface area (Å²) in [5, 5.41) is -0.344. The van der Waals surface area contributed by atoms with Gasteiger partial charge in [-0.1, -0.05) is 76.7 Å². The fourth-order valence-electron chi connectivity index (χ4n) is 5.55. The zero-order valence-electron chi connectivity index (χ0n) is 28.6. The lowest BCUT2D eigenvalue weighted by molar-refractivity contribution is -0.157. The lowest BCUT2D eigenvalue weighted by Crippen LogP contribution is -2.58. The fourth-order valence-corrected chi connectivity index (χ4v) is 7.87. The van der Waals surface area contributed by atoms with Crippen LogP contribution in [0.4, 0.5) is 16.2 Å². The van der Waals surface area contributed by atoms with Gasteiger partial charge < -0.3 is 34.1 Å². The molecule has 0 spiro atoms. The summed E-state index contributed by atoms with van der Waals surface area (Å²) in [5.74, 6) is -2.63. The van der Waals surface area contributed by atoms with Crippen LogP contribution in [-0.2, 0) is 56.3 Å². The molecule has 1 aliphatic rings. The van der Waals surface area contributed by atoms with Crippen LogP contribution in [0.3, 0.4) is 0 Å². The molecule has 4 N–H and O–H groups in total. The maximum atomic E-state index is 14.4. The van der Waals surface area contributed by atoms with Crippen molar-refractivity contribution in [2.75, 3.05) is 36.8 Å². The summed E-state index contributed by atoms with van der Waals surface area (Å²) in [7, 11) is -4.55. The van der Waals surface area contributed by atoms with Crippen molar-refractivity contribution in [2.24, 2.45) is 0 Å².